The van der Waals surface area contributed by atoms with Crippen molar-refractivity contribution in [3.8, 4) is 0 Å². The van der Waals surface area contributed by atoms with E-state index in [1.165, 1.54) is 6.07 Å². The lowest BCUT2D eigenvalue weighted by Crippen LogP contribution is -2.15. The molecule has 1 saturated carbocycles. The van der Waals surface area contributed by atoms with Crippen LogP contribution in [0.1, 0.15) is 30.7 Å². The second-order valence-corrected chi connectivity index (χ2v) is 7.52. The molecule has 0 unspecified atom stereocenters. The maximum Gasteiger partial charge on any atom is 0.309 e. The van der Waals surface area contributed by atoms with E-state index in [9.17, 15) is 14.3 Å². The van der Waals surface area contributed by atoms with Gasteiger partial charge in [0.1, 0.15) is 5.82 Å². The highest BCUT2D eigenvalue weighted by molar-refractivity contribution is 9.10. The van der Waals surface area contributed by atoms with E-state index in [1.54, 1.807) is 16.7 Å². The van der Waals surface area contributed by atoms with E-state index in [0.717, 1.165) is 16.6 Å². The minimum Gasteiger partial charge on any atom is -0.481 e. The Bertz CT molecular complexity index is 941. The molecule has 2 atom stereocenters. The fourth-order valence-corrected chi connectivity index (χ4v) is 4.55. The maximum atomic E-state index is 14.4. The van der Waals surface area contributed by atoms with Gasteiger partial charge in [0.15, 0.2) is 4.77 Å². The predicted molar refractivity (Wildman–Crippen MR) is 88.7 cm³/mol. The molecule has 0 bridgehead atoms. The second kappa shape index (κ2) is 4.77. The SMILES string of the molecule is [2H]Cn1c(CC(=O)O)c2n(c1=S)C[C@@]1(c3cc(Br)ccc3F)C[C@@H]21. The van der Waals surface area contributed by atoms with Crippen LogP contribution < -0.4 is 0 Å². The molecule has 0 amide bonds. The Labute approximate surface area is 147 Å². The van der Waals surface area contributed by atoms with E-state index in [-0.39, 0.29) is 30.6 Å². The maximum absolute atomic E-state index is 14.4. The standard InChI is InChI=1S/C16H14BrFN2O2S/c1-19-12(5-13(21)22)14-10-6-16(10,7-20(14)15(19)23)9-4-8(17)2-3-11(9)18/h2-4,10H,5-7H2,1H3,(H,21,22)/t10-,16+/m0/s1/i1D. The van der Waals surface area contributed by atoms with Crippen LogP contribution in [-0.2, 0) is 30.2 Å². The molecule has 1 fully saturated rings. The van der Waals surface area contributed by atoms with Crippen LogP contribution in [0.2, 0.25) is 0 Å². The quantitative estimate of drug-likeness (QED) is 0.805. The van der Waals surface area contributed by atoms with Crippen LogP contribution in [-0.4, -0.2) is 20.2 Å². The first kappa shape index (κ1) is 13.9. The van der Waals surface area contributed by atoms with Crippen LogP contribution in [0.5, 0.6) is 0 Å². The summed E-state index contributed by atoms with van der Waals surface area (Å²) in [5.74, 6) is -1.14. The summed E-state index contributed by atoms with van der Waals surface area (Å²) in [4.78, 5) is 11.2. The van der Waals surface area contributed by atoms with Gasteiger partial charge in [-0.1, -0.05) is 15.9 Å². The average molecular weight is 398 g/mol. The molecule has 2 heterocycles. The number of aliphatic carboxylic acids is 1. The van der Waals surface area contributed by atoms with Crippen molar-refractivity contribution in [1.29, 1.82) is 0 Å². The molecular weight excluding hydrogens is 383 g/mol. The van der Waals surface area contributed by atoms with Gasteiger partial charge in [0.05, 0.1) is 12.1 Å². The number of fused-ring (bicyclic) bond motifs is 3. The largest absolute Gasteiger partial charge is 0.481 e. The van der Waals surface area contributed by atoms with Crippen LogP contribution in [0.4, 0.5) is 4.39 Å². The zero-order chi connectivity index (χ0) is 17.2. The van der Waals surface area contributed by atoms with Gasteiger partial charge < -0.3 is 14.2 Å². The average Bonchev–Trinajstić information content (AvgIpc) is 3.06. The van der Waals surface area contributed by atoms with Crippen LogP contribution in [0, 0.1) is 10.6 Å². The molecule has 1 aromatic heterocycles. The Kier molecular flexibility index (Phi) is 2.89. The first-order valence-corrected chi connectivity index (χ1v) is 8.38. The van der Waals surface area contributed by atoms with Crippen LogP contribution in [0.3, 0.4) is 0 Å². The van der Waals surface area contributed by atoms with Crippen molar-refractivity contribution >= 4 is 34.1 Å². The molecule has 23 heavy (non-hydrogen) atoms. The summed E-state index contributed by atoms with van der Waals surface area (Å²) in [6.07, 6.45) is 0.613. The van der Waals surface area contributed by atoms with E-state index >= 15 is 0 Å². The number of benzene rings is 1. The number of carboxylic acid groups (broad SMARTS) is 1. The molecule has 0 spiro atoms. The molecule has 2 aliphatic rings. The van der Waals surface area contributed by atoms with Crippen molar-refractivity contribution in [1.82, 2.24) is 9.13 Å². The molecular formula is C16H14BrFN2O2S. The third-order valence-corrected chi connectivity index (χ3v) is 5.94. The number of nitrogens with zero attached hydrogens (tertiary/aromatic N) is 2. The van der Waals surface area contributed by atoms with E-state index in [0.29, 0.717) is 22.6 Å². The summed E-state index contributed by atoms with van der Waals surface area (Å²) in [7, 11) is -0.105. The number of carbonyl (C=O) groups is 1. The molecule has 0 saturated heterocycles. The monoisotopic (exact) mass is 397 g/mol. The van der Waals surface area contributed by atoms with Gasteiger partial charge >= 0.3 is 5.97 Å². The minimum atomic E-state index is -0.951. The summed E-state index contributed by atoms with van der Waals surface area (Å²) >= 11 is 8.83. The Balaban J connectivity index is 1.84. The fourth-order valence-electron chi connectivity index (χ4n) is 3.91. The van der Waals surface area contributed by atoms with Gasteiger partial charge in [0.2, 0.25) is 0 Å². The first-order valence-electron chi connectivity index (χ1n) is 7.88. The number of carboxylic acids is 1. The van der Waals surface area contributed by atoms with E-state index in [2.05, 4.69) is 15.9 Å². The molecule has 1 aromatic carbocycles. The lowest BCUT2D eigenvalue weighted by molar-refractivity contribution is -0.136. The molecule has 4 nitrogen and oxygen atoms in total. The van der Waals surface area contributed by atoms with Crippen molar-refractivity contribution in [3.63, 3.8) is 0 Å². The molecule has 4 rings (SSSR count). The van der Waals surface area contributed by atoms with Gasteiger partial charge in [0, 0.05) is 36.4 Å². The molecule has 2 aromatic rings. The summed E-state index contributed by atoms with van der Waals surface area (Å²) < 4.78 is 26.8. The van der Waals surface area contributed by atoms with Crippen molar-refractivity contribution < 1.29 is 15.7 Å². The molecule has 0 radical (unpaired) electrons. The van der Waals surface area contributed by atoms with Crippen molar-refractivity contribution in [2.24, 2.45) is 7.02 Å². The van der Waals surface area contributed by atoms with Crippen LogP contribution >= 0.6 is 28.1 Å². The zero-order valence-corrected chi connectivity index (χ0v) is 14.5. The Morgan fingerprint density at radius 3 is 3.13 bits per heavy atom. The predicted octanol–water partition coefficient (Wildman–Crippen LogP) is 3.52. The van der Waals surface area contributed by atoms with Crippen molar-refractivity contribution in [2.45, 2.75) is 30.7 Å². The number of hydrogen-bond acceptors (Lipinski definition) is 2. The zero-order valence-electron chi connectivity index (χ0n) is 13.1. The highest BCUT2D eigenvalue weighted by atomic mass is 79.9. The molecule has 1 N–H and O–H groups in total. The number of rotatable bonds is 3. The van der Waals surface area contributed by atoms with Gasteiger partial charge in [-0.2, -0.15) is 0 Å². The van der Waals surface area contributed by atoms with E-state index in [1.807, 2.05) is 4.57 Å². The lowest BCUT2D eigenvalue weighted by atomic mass is 9.93. The second-order valence-electron chi connectivity index (χ2n) is 6.24. The van der Waals surface area contributed by atoms with E-state index < -0.39 is 5.97 Å². The first-order chi connectivity index (χ1) is 11.4. The van der Waals surface area contributed by atoms with Crippen molar-refractivity contribution in [3.05, 3.63) is 50.2 Å². The number of halogens is 2. The number of aromatic nitrogens is 2. The van der Waals surface area contributed by atoms with Gasteiger partial charge in [-0.05, 0) is 42.4 Å². The topological polar surface area (TPSA) is 47.2 Å². The highest BCUT2D eigenvalue weighted by Crippen LogP contribution is 2.66. The molecule has 120 valence electrons. The number of imidazole rings is 1. The number of hydrogen-bond donors (Lipinski definition) is 1. The lowest BCUT2D eigenvalue weighted by Gasteiger charge is -2.15. The highest BCUT2D eigenvalue weighted by Gasteiger charge is 2.63. The van der Waals surface area contributed by atoms with Gasteiger partial charge in [0.25, 0.3) is 0 Å². The Morgan fingerprint density at radius 1 is 1.65 bits per heavy atom. The van der Waals surface area contributed by atoms with Crippen LogP contribution in [0.25, 0.3) is 0 Å². The summed E-state index contributed by atoms with van der Waals surface area (Å²) in [5, 5.41) is 9.20. The Hall–Kier alpha value is -1.47. The van der Waals surface area contributed by atoms with E-state index in [4.69, 9.17) is 13.6 Å². The summed E-state index contributed by atoms with van der Waals surface area (Å²) in [6.45, 7) is 0.541. The fraction of sp³-hybridized carbons (Fsp3) is 0.375. The molecule has 7 heteroatoms. The smallest absolute Gasteiger partial charge is 0.309 e. The summed E-state index contributed by atoms with van der Waals surface area (Å²) in [5.41, 5.74) is 1.76. The minimum absolute atomic E-state index is 0.0603. The van der Waals surface area contributed by atoms with Crippen LogP contribution in [0.15, 0.2) is 22.7 Å². The molecule has 1 aliphatic carbocycles. The van der Waals surface area contributed by atoms with Crippen molar-refractivity contribution in [2.75, 3.05) is 0 Å². The third-order valence-electron chi connectivity index (χ3n) is 5.00. The third kappa shape index (κ3) is 1.99. The van der Waals surface area contributed by atoms with Gasteiger partial charge in [-0.3, -0.25) is 4.79 Å². The van der Waals surface area contributed by atoms with Gasteiger partial charge in [-0.25, -0.2) is 4.39 Å². The summed E-state index contributed by atoms with van der Waals surface area (Å²) in [6, 6.07) is 4.93. The normalized spacial score (nSPS) is 25.0. The Morgan fingerprint density at radius 2 is 2.43 bits per heavy atom. The van der Waals surface area contributed by atoms with Gasteiger partial charge in [-0.15, -0.1) is 0 Å². The molecule has 1 aliphatic heterocycles.